The molecule has 7 nitrogen and oxygen atoms in total. The first-order valence-electron chi connectivity index (χ1n) is 9.41. The maximum Gasteiger partial charge on any atom is 0.210 e. The molecule has 0 spiro atoms. The average Bonchev–Trinajstić information content (AvgIpc) is 3.10. The number of aryl methyl sites for hydroxylation is 2. The number of nitrogens with one attached hydrogen (secondary N) is 1. The van der Waals surface area contributed by atoms with Crippen LogP contribution in [0.25, 0.3) is 10.9 Å². The minimum Gasteiger partial charge on any atom is -0.379 e. The van der Waals surface area contributed by atoms with E-state index < -0.39 is 26.4 Å². The quantitative estimate of drug-likeness (QED) is 0.444. The zero-order valence-corrected chi connectivity index (χ0v) is 17.8. The van der Waals surface area contributed by atoms with E-state index in [0.29, 0.717) is 34.0 Å². The van der Waals surface area contributed by atoms with Gasteiger partial charge in [0.2, 0.25) is 9.84 Å². The summed E-state index contributed by atoms with van der Waals surface area (Å²) < 4.78 is 58.9. The van der Waals surface area contributed by atoms with Crippen molar-refractivity contribution in [3.8, 4) is 6.07 Å². The SMILES string of the molecule is Cc1noc(C)c1CNc1c(S(=O)(=O)c2ccc(F)c(F)c2)cnc2cc(C#N)ccc12. The second kappa shape index (κ2) is 8.01. The van der Waals surface area contributed by atoms with Crippen LogP contribution in [0, 0.1) is 36.8 Å². The Morgan fingerprint density at radius 3 is 2.56 bits per heavy atom. The second-order valence-corrected chi connectivity index (χ2v) is 8.99. The van der Waals surface area contributed by atoms with Crippen molar-refractivity contribution in [1.82, 2.24) is 10.1 Å². The molecule has 2 aromatic heterocycles. The Balaban J connectivity index is 1.90. The van der Waals surface area contributed by atoms with Gasteiger partial charge in [0.25, 0.3) is 0 Å². The molecule has 0 aliphatic rings. The van der Waals surface area contributed by atoms with E-state index in [2.05, 4.69) is 15.5 Å². The van der Waals surface area contributed by atoms with E-state index in [1.54, 1.807) is 26.0 Å². The molecule has 0 fully saturated rings. The van der Waals surface area contributed by atoms with Crippen LogP contribution in [0.15, 0.2) is 56.9 Å². The molecule has 1 N–H and O–H groups in total. The number of rotatable bonds is 5. The van der Waals surface area contributed by atoms with Crippen LogP contribution in [0.5, 0.6) is 0 Å². The zero-order chi connectivity index (χ0) is 23.0. The summed E-state index contributed by atoms with van der Waals surface area (Å²) in [4.78, 5) is 3.57. The van der Waals surface area contributed by atoms with E-state index in [1.165, 1.54) is 6.07 Å². The number of aromatic nitrogens is 2. The lowest BCUT2D eigenvalue weighted by molar-refractivity contribution is 0.392. The predicted molar refractivity (Wildman–Crippen MR) is 112 cm³/mol. The molecule has 32 heavy (non-hydrogen) atoms. The number of pyridine rings is 1. The van der Waals surface area contributed by atoms with Gasteiger partial charge in [0.05, 0.1) is 33.4 Å². The number of hydrogen-bond donors (Lipinski definition) is 1. The minimum absolute atomic E-state index is 0.195. The van der Waals surface area contributed by atoms with Crippen molar-refractivity contribution in [2.24, 2.45) is 0 Å². The van der Waals surface area contributed by atoms with Crippen LogP contribution in [0.4, 0.5) is 14.5 Å². The maximum absolute atomic E-state index is 13.8. The highest BCUT2D eigenvalue weighted by molar-refractivity contribution is 7.91. The summed E-state index contributed by atoms with van der Waals surface area (Å²) in [5.41, 5.74) is 2.36. The molecular weight excluding hydrogens is 438 g/mol. The van der Waals surface area contributed by atoms with Crippen molar-refractivity contribution in [3.05, 3.63) is 76.8 Å². The van der Waals surface area contributed by atoms with Crippen LogP contribution in [0.2, 0.25) is 0 Å². The maximum atomic E-state index is 13.8. The smallest absolute Gasteiger partial charge is 0.210 e. The lowest BCUT2D eigenvalue weighted by atomic mass is 10.1. The van der Waals surface area contributed by atoms with Gasteiger partial charge in [-0.25, -0.2) is 17.2 Å². The van der Waals surface area contributed by atoms with Crippen molar-refractivity contribution in [2.75, 3.05) is 5.32 Å². The molecule has 0 radical (unpaired) electrons. The fourth-order valence-electron chi connectivity index (χ4n) is 3.33. The van der Waals surface area contributed by atoms with Crippen LogP contribution in [-0.4, -0.2) is 18.6 Å². The molecule has 0 aliphatic heterocycles. The van der Waals surface area contributed by atoms with Gasteiger partial charge in [-0.3, -0.25) is 4.98 Å². The Kier molecular flexibility index (Phi) is 5.36. The number of anilines is 1. The van der Waals surface area contributed by atoms with E-state index >= 15 is 0 Å². The van der Waals surface area contributed by atoms with Gasteiger partial charge in [-0.15, -0.1) is 0 Å². The molecule has 0 bridgehead atoms. The average molecular weight is 454 g/mol. The third kappa shape index (κ3) is 3.67. The highest BCUT2D eigenvalue weighted by Gasteiger charge is 2.25. The number of fused-ring (bicyclic) bond motifs is 1. The number of benzene rings is 2. The van der Waals surface area contributed by atoms with Crippen LogP contribution in [0.3, 0.4) is 0 Å². The van der Waals surface area contributed by atoms with Crippen molar-refractivity contribution in [3.63, 3.8) is 0 Å². The molecule has 0 saturated heterocycles. The van der Waals surface area contributed by atoms with Gasteiger partial charge in [0.1, 0.15) is 10.7 Å². The van der Waals surface area contributed by atoms with E-state index in [0.717, 1.165) is 23.9 Å². The molecule has 0 saturated carbocycles. The standard InChI is InChI=1S/C22H16F2N4O3S/c1-12-17(13(2)31-28-12)10-27-22-16-5-3-14(9-25)7-20(16)26-11-21(22)32(29,30)15-4-6-18(23)19(24)8-15/h3-8,11H,10H2,1-2H3,(H,26,27). The molecule has 0 unspecified atom stereocenters. The summed E-state index contributed by atoms with van der Waals surface area (Å²) in [5.74, 6) is -1.85. The van der Waals surface area contributed by atoms with Crippen molar-refractivity contribution in [2.45, 2.75) is 30.2 Å². The van der Waals surface area contributed by atoms with Gasteiger partial charge < -0.3 is 9.84 Å². The first kappa shape index (κ1) is 21.4. The number of nitriles is 1. The third-order valence-electron chi connectivity index (χ3n) is 5.08. The molecular formula is C22H16F2N4O3S. The van der Waals surface area contributed by atoms with Crippen molar-refractivity contribution < 1.29 is 21.7 Å². The fourth-order valence-corrected chi connectivity index (χ4v) is 4.74. The van der Waals surface area contributed by atoms with Gasteiger partial charge in [-0.1, -0.05) is 5.16 Å². The predicted octanol–water partition coefficient (Wildman–Crippen LogP) is 4.43. The van der Waals surface area contributed by atoms with Crippen LogP contribution in [-0.2, 0) is 16.4 Å². The van der Waals surface area contributed by atoms with Gasteiger partial charge >= 0.3 is 0 Å². The number of nitrogens with zero attached hydrogens (tertiary/aromatic N) is 3. The van der Waals surface area contributed by atoms with Crippen LogP contribution in [0.1, 0.15) is 22.6 Å². The molecule has 0 amide bonds. The summed E-state index contributed by atoms with van der Waals surface area (Å²) in [6, 6.07) is 9.05. The molecule has 162 valence electrons. The summed E-state index contributed by atoms with van der Waals surface area (Å²) in [7, 11) is -4.26. The van der Waals surface area contributed by atoms with Gasteiger partial charge in [-0.05, 0) is 50.2 Å². The van der Waals surface area contributed by atoms with Gasteiger partial charge in [0, 0.05) is 23.7 Å². The molecule has 2 heterocycles. The summed E-state index contributed by atoms with van der Waals surface area (Å²) >= 11 is 0. The Morgan fingerprint density at radius 2 is 1.91 bits per heavy atom. The van der Waals surface area contributed by atoms with E-state index in [-0.39, 0.29) is 17.1 Å². The topological polar surface area (TPSA) is 109 Å². The lowest BCUT2D eigenvalue weighted by Crippen LogP contribution is -2.10. The minimum atomic E-state index is -4.26. The van der Waals surface area contributed by atoms with Crippen molar-refractivity contribution in [1.29, 1.82) is 5.26 Å². The number of sulfone groups is 1. The molecule has 2 aromatic carbocycles. The summed E-state index contributed by atoms with van der Waals surface area (Å²) in [6.07, 6.45) is 1.13. The normalized spacial score (nSPS) is 11.5. The first-order valence-corrected chi connectivity index (χ1v) is 10.9. The molecule has 10 heteroatoms. The van der Waals surface area contributed by atoms with Crippen LogP contribution >= 0.6 is 0 Å². The number of hydrogen-bond acceptors (Lipinski definition) is 7. The second-order valence-electron chi connectivity index (χ2n) is 7.08. The molecule has 4 rings (SSSR count). The Morgan fingerprint density at radius 1 is 1.12 bits per heavy atom. The molecule has 4 aromatic rings. The summed E-state index contributed by atoms with van der Waals surface area (Å²) in [6.45, 7) is 3.69. The largest absolute Gasteiger partial charge is 0.379 e. The Bertz CT molecular complexity index is 1490. The summed E-state index contributed by atoms with van der Waals surface area (Å²) in [5, 5.41) is 16.6. The molecule has 0 aliphatic carbocycles. The lowest BCUT2D eigenvalue weighted by Gasteiger charge is -2.15. The zero-order valence-electron chi connectivity index (χ0n) is 17.0. The van der Waals surface area contributed by atoms with Crippen LogP contribution < -0.4 is 5.32 Å². The van der Waals surface area contributed by atoms with E-state index in [4.69, 9.17) is 9.78 Å². The fraction of sp³-hybridized carbons (Fsp3) is 0.136. The Labute approximate surface area is 182 Å². The van der Waals surface area contributed by atoms with Crippen molar-refractivity contribution >= 4 is 26.4 Å². The highest BCUT2D eigenvalue weighted by atomic mass is 32.2. The first-order chi connectivity index (χ1) is 15.2. The highest BCUT2D eigenvalue weighted by Crippen LogP contribution is 2.34. The van der Waals surface area contributed by atoms with E-state index in [9.17, 15) is 17.2 Å². The van der Waals surface area contributed by atoms with E-state index in [1.807, 2.05) is 6.07 Å². The third-order valence-corrected chi connectivity index (χ3v) is 6.84. The van der Waals surface area contributed by atoms with Gasteiger partial charge in [0.15, 0.2) is 11.6 Å². The molecule has 0 atom stereocenters. The monoisotopic (exact) mass is 454 g/mol. The van der Waals surface area contributed by atoms with Gasteiger partial charge in [-0.2, -0.15) is 5.26 Å². The Hall–Kier alpha value is -3.84. The number of halogens is 2.